The number of hydrogen-bond donors (Lipinski definition) is 1. The number of aryl methyl sites for hydroxylation is 1. The number of aromatic nitrogens is 2. The topological polar surface area (TPSA) is 67.2 Å². The molecule has 1 unspecified atom stereocenters. The Morgan fingerprint density at radius 1 is 1.20 bits per heavy atom. The van der Waals surface area contributed by atoms with Crippen molar-refractivity contribution in [3.05, 3.63) is 48.5 Å². The molecule has 0 spiro atoms. The average Bonchev–Trinajstić information content (AvgIpc) is 2.92. The van der Waals surface area contributed by atoms with Gasteiger partial charge in [0.25, 0.3) is 0 Å². The number of alkyl halides is 3. The third-order valence-electron chi connectivity index (χ3n) is 4.85. The second-order valence-corrected chi connectivity index (χ2v) is 7.76. The molecule has 0 saturated heterocycles. The molecular formula is C20H17F3N4O2S. The van der Waals surface area contributed by atoms with Crippen molar-refractivity contribution >= 4 is 46.0 Å². The van der Waals surface area contributed by atoms with E-state index in [1.54, 1.807) is 17.7 Å². The molecule has 4 rings (SSSR count). The van der Waals surface area contributed by atoms with E-state index < -0.39 is 30.5 Å². The second-order valence-electron chi connectivity index (χ2n) is 6.82. The number of para-hydroxylation sites is 4. The molecule has 30 heavy (non-hydrogen) atoms. The summed E-state index contributed by atoms with van der Waals surface area (Å²) in [5.41, 5.74) is 1.80. The summed E-state index contributed by atoms with van der Waals surface area (Å²) in [7, 11) is 1.78. The standard InChI is InChI=1S/C20H17F3N4O2S/c1-26-14-8-4-2-6-12(14)25-19(26)30-11-18(29)27-15-9-5-3-7-13(15)24-17(28)10-16(27)20(21,22)23/h2-9,16H,10-11H2,1H3,(H,24,28). The predicted molar refractivity (Wildman–Crippen MR) is 108 cm³/mol. The van der Waals surface area contributed by atoms with Gasteiger partial charge in [-0.3, -0.25) is 14.5 Å². The summed E-state index contributed by atoms with van der Waals surface area (Å²) >= 11 is 1.06. The first-order valence-electron chi connectivity index (χ1n) is 9.07. The van der Waals surface area contributed by atoms with Crippen molar-refractivity contribution in [3.8, 4) is 0 Å². The zero-order valence-corrected chi connectivity index (χ0v) is 16.6. The van der Waals surface area contributed by atoms with Crippen LogP contribution in [0.5, 0.6) is 0 Å². The maximum absolute atomic E-state index is 13.8. The number of benzene rings is 2. The lowest BCUT2D eigenvalue weighted by Gasteiger charge is -2.31. The first-order valence-corrected chi connectivity index (χ1v) is 10.1. The Hall–Kier alpha value is -3.01. The molecule has 2 aromatic carbocycles. The highest BCUT2D eigenvalue weighted by Gasteiger charge is 2.48. The van der Waals surface area contributed by atoms with Gasteiger partial charge in [0.05, 0.1) is 34.6 Å². The fourth-order valence-corrected chi connectivity index (χ4v) is 4.29. The quantitative estimate of drug-likeness (QED) is 0.634. The summed E-state index contributed by atoms with van der Waals surface area (Å²) in [6, 6.07) is 11.1. The van der Waals surface area contributed by atoms with Crippen molar-refractivity contribution in [1.82, 2.24) is 9.55 Å². The molecule has 0 aliphatic carbocycles. The van der Waals surface area contributed by atoms with Crippen molar-refractivity contribution in [3.63, 3.8) is 0 Å². The average molecular weight is 434 g/mol. The Morgan fingerprint density at radius 2 is 1.90 bits per heavy atom. The summed E-state index contributed by atoms with van der Waals surface area (Å²) in [4.78, 5) is 30.2. The van der Waals surface area contributed by atoms with Crippen LogP contribution in [0.3, 0.4) is 0 Å². The smallest absolute Gasteiger partial charge is 0.324 e. The van der Waals surface area contributed by atoms with Crippen LogP contribution in [0.25, 0.3) is 11.0 Å². The first kappa shape index (κ1) is 20.3. The summed E-state index contributed by atoms with van der Waals surface area (Å²) in [5, 5.41) is 2.97. The molecule has 1 aliphatic rings. The number of carbonyl (C=O) groups is 2. The lowest BCUT2D eigenvalue weighted by atomic mass is 10.1. The first-order chi connectivity index (χ1) is 14.3. The molecule has 1 atom stereocenters. The Balaban J connectivity index is 1.65. The molecule has 2 amide bonds. The molecule has 10 heteroatoms. The Labute approximate surface area is 174 Å². The zero-order valence-electron chi connectivity index (χ0n) is 15.8. The van der Waals surface area contributed by atoms with Crippen LogP contribution in [0.15, 0.2) is 53.7 Å². The van der Waals surface area contributed by atoms with Crippen molar-refractivity contribution in [1.29, 1.82) is 0 Å². The van der Waals surface area contributed by atoms with E-state index in [0.29, 0.717) is 10.1 Å². The molecule has 3 aromatic rings. The molecule has 0 saturated carbocycles. The second kappa shape index (κ2) is 7.67. The number of amides is 2. The number of anilines is 2. The number of nitrogens with zero attached hydrogens (tertiary/aromatic N) is 3. The SMILES string of the molecule is Cn1c(SCC(=O)N2c3ccccc3NC(=O)CC2C(F)(F)F)nc2ccccc21. The van der Waals surface area contributed by atoms with Gasteiger partial charge < -0.3 is 9.88 Å². The molecule has 2 heterocycles. The molecule has 0 fully saturated rings. The van der Waals surface area contributed by atoms with Crippen molar-refractivity contribution in [2.24, 2.45) is 7.05 Å². The third-order valence-corrected chi connectivity index (χ3v) is 5.86. The molecule has 0 bridgehead atoms. The summed E-state index contributed by atoms with van der Waals surface area (Å²) in [6.07, 6.45) is -5.62. The van der Waals surface area contributed by atoms with Crippen LogP contribution >= 0.6 is 11.8 Å². The number of nitrogens with one attached hydrogen (secondary N) is 1. The number of thioether (sulfide) groups is 1. The summed E-state index contributed by atoms with van der Waals surface area (Å²) in [5.74, 6) is -1.80. The van der Waals surface area contributed by atoms with Crippen LogP contribution in [0.4, 0.5) is 24.5 Å². The van der Waals surface area contributed by atoms with Crippen LogP contribution in [0, 0.1) is 0 Å². The van der Waals surface area contributed by atoms with Crippen LogP contribution < -0.4 is 10.2 Å². The van der Waals surface area contributed by atoms with Gasteiger partial charge in [-0.1, -0.05) is 36.0 Å². The van der Waals surface area contributed by atoms with Crippen LogP contribution in [0.2, 0.25) is 0 Å². The van der Waals surface area contributed by atoms with Gasteiger partial charge >= 0.3 is 6.18 Å². The van der Waals surface area contributed by atoms with E-state index in [9.17, 15) is 22.8 Å². The Bertz CT molecular complexity index is 1130. The van der Waals surface area contributed by atoms with Crippen LogP contribution in [0.1, 0.15) is 6.42 Å². The van der Waals surface area contributed by atoms with E-state index in [0.717, 1.165) is 22.8 Å². The van der Waals surface area contributed by atoms with E-state index in [4.69, 9.17) is 0 Å². The number of fused-ring (bicyclic) bond motifs is 2. The highest BCUT2D eigenvalue weighted by Crippen LogP contribution is 2.38. The molecule has 1 aromatic heterocycles. The van der Waals surface area contributed by atoms with Gasteiger partial charge in [-0.15, -0.1) is 0 Å². The number of halogens is 3. The van der Waals surface area contributed by atoms with Gasteiger partial charge in [0.1, 0.15) is 6.04 Å². The minimum absolute atomic E-state index is 0.0290. The molecule has 1 aliphatic heterocycles. The van der Waals surface area contributed by atoms with Gasteiger partial charge in [-0.2, -0.15) is 13.2 Å². The maximum atomic E-state index is 13.8. The minimum Gasteiger partial charge on any atom is -0.324 e. The monoisotopic (exact) mass is 434 g/mol. The third kappa shape index (κ3) is 3.74. The molecule has 6 nitrogen and oxygen atoms in total. The van der Waals surface area contributed by atoms with Crippen molar-refractivity contribution in [2.45, 2.75) is 23.8 Å². The largest absolute Gasteiger partial charge is 0.409 e. The number of carbonyl (C=O) groups excluding carboxylic acids is 2. The molecule has 0 radical (unpaired) electrons. The minimum atomic E-state index is -4.76. The van der Waals surface area contributed by atoms with Crippen LogP contribution in [-0.4, -0.2) is 39.3 Å². The van der Waals surface area contributed by atoms with Crippen molar-refractivity contribution in [2.75, 3.05) is 16.0 Å². The lowest BCUT2D eigenvalue weighted by Crippen LogP contribution is -2.50. The zero-order chi connectivity index (χ0) is 21.5. The van der Waals surface area contributed by atoms with Gasteiger partial charge in [-0.05, 0) is 24.3 Å². The van der Waals surface area contributed by atoms with E-state index in [-0.39, 0.29) is 17.1 Å². The highest BCUT2D eigenvalue weighted by atomic mass is 32.2. The maximum Gasteiger partial charge on any atom is 0.409 e. The van der Waals surface area contributed by atoms with E-state index in [1.165, 1.54) is 18.2 Å². The molecule has 1 N–H and O–H groups in total. The molecule has 156 valence electrons. The van der Waals surface area contributed by atoms with Gasteiger partial charge in [-0.25, -0.2) is 4.98 Å². The lowest BCUT2D eigenvalue weighted by molar-refractivity contribution is -0.157. The predicted octanol–water partition coefficient (Wildman–Crippen LogP) is 3.97. The van der Waals surface area contributed by atoms with Gasteiger partial charge in [0.2, 0.25) is 11.8 Å². The fraction of sp³-hybridized carbons (Fsp3) is 0.250. The van der Waals surface area contributed by atoms with Crippen molar-refractivity contribution < 1.29 is 22.8 Å². The number of hydrogen-bond acceptors (Lipinski definition) is 4. The van der Waals surface area contributed by atoms with Crippen LogP contribution in [-0.2, 0) is 16.6 Å². The normalized spacial score (nSPS) is 16.9. The van der Waals surface area contributed by atoms with E-state index in [1.807, 2.05) is 24.3 Å². The van der Waals surface area contributed by atoms with E-state index >= 15 is 0 Å². The fourth-order valence-electron chi connectivity index (χ4n) is 3.44. The number of rotatable bonds is 3. The molecular weight excluding hydrogens is 417 g/mol. The summed E-state index contributed by atoms with van der Waals surface area (Å²) < 4.78 is 43.1. The van der Waals surface area contributed by atoms with Gasteiger partial charge in [0.15, 0.2) is 5.16 Å². The summed E-state index contributed by atoms with van der Waals surface area (Å²) in [6.45, 7) is 0. The van der Waals surface area contributed by atoms with E-state index in [2.05, 4.69) is 10.3 Å². The number of imidazole rings is 1. The van der Waals surface area contributed by atoms with Gasteiger partial charge in [0, 0.05) is 7.05 Å². The Morgan fingerprint density at radius 3 is 2.63 bits per heavy atom. The highest BCUT2D eigenvalue weighted by molar-refractivity contribution is 7.99. The Kier molecular flexibility index (Phi) is 5.19.